The van der Waals surface area contributed by atoms with E-state index < -0.39 is 91.5 Å². The molecule has 0 unspecified atom stereocenters. The van der Waals surface area contributed by atoms with Crippen LogP contribution < -0.4 is 0 Å². The van der Waals surface area contributed by atoms with Crippen molar-refractivity contribution in [3.63, 3.8) is 0 Å². The average molecular weight is 1070 g/mol. The van der Waals surface area contributed by atoms with Crippen molar-refractivity contribution in [1.29, 1.82) is 0 Å². The maximum absolute atomic E-state index is 13.0. The number of imidazole rings is 1. The predicted molar refractivity (Wildman–Crippen MR) is 275 cm³/mol. The second kappa shape index (κ2) is 17.9. The average Bonchev–Trinajstić information content (AvgIpc) is 1.07. The minimum absolute atomic E-state index is 0. The van der Waals surface area contributed by atoms with Crippen molar-refractivity contribution in [2.75, 3.05) is 0 Å². The summed E-state index contributed by atoms with van der Waals surface area (Å²) in [5.74, 6) is -3.21. The molecule has 0 fully saturated rings. The number of hydrogen-bond donors (Lipinski definition) is 1. The first kappa shape index (κ1) is 29.2. The fourth-order valence-corrected chi connectivity index (χ4v) is 8.23. The van der Waals surface area contributed by atoms with E-state index in [1.54, 1.807) is 56.4 Å². The van der Waals surface area contributed by atoms with Gasteiger partial charge in [-0.3, -0.25) is 9.55 Å². The van der Waals surface area contributed by atoms with Crippen molar-refractivity contribution in [3.8, 4) is 67.5 Å². The summed E-state index contributed by atoms with van der Waals surface area (Å²) in [4.78, 5) is 9.94. The summed E-state index contributed by atoms with van der Waals surface area (Å²) in [5, 5.41) is 13.0. The first-order valence-electron chi connectivity index (χ1n) is 31.0. The van der Waals surface area contributed by atoms with Crippen molar-refractivity contribution >= 4 is 11.0 Å². The number of hydrogen-bond acceptors (Lipinski definition) is 3. The van der Waals surface area contributed by atoms with Gasteiger partial charge in [0.05, 0.1) is 16.6 Å². The van der Waals surface area contributed by atoms with Crippen LogP contribution in [0.4, 0.5) is 0 Å². The Balaban J connectivity index is 0.0000104. The summed E-state index contributed by atoms with van der Waals surface area (Å²) in [7, 11) is 0. The van der Waals surface area contributed by atoms with E-state index in [4.69, 9.17) is 34.6 Å². The Bertz CT molecular complexity index is 3700. The van der Waals surface area contributed by atoms with Gasteiger partial charge in [-0.05, 0) is 96.8 Å². The quantitative estimate of drug-likeness (QED) is 0.162. The largest absolute Gasteiger partial charge is 0.507 e. The number of para-hydroxylation sites is 1. The van der Waals surface area contributed by atoms with Crippen molar-refractivity contribution in [3.05, 3.63) is 167 Å². The molecule has 2 heterocycles. The molecule has 2 aromatic heterocycles. The number of phenolic OH excluding ortho intramolecular Hbond substituents is 1. The molecule has 0 bridgehead atoms. The second-order valence-electron chi connectivity index (χ2n) is 19.2. The molecule has 5 heteroatoms. The van der Waals surface area contributed by atoms with Crippen LogP contribution in [0.1, 0.15) is 156 Å². The van der Waals surface area contributed by atoms with E-state index in [2.05, 4.69) is 51.1 Å². The molecule has 0 aliphatic heterocycles. The zero-order chi connectivity index (χ0) is 62.7. The number of pyridine rings is 1. The third kappa shape index (κ3) is 9.63. The van der Waals surface area contributed by atoms with Gasteiger partial charge < -0.3 is 5.11 Å². The van der Waals surface area contributed by atoms with E-state index in [0.29, 0.717) is 39.6 Å². The summed E-state index contributed by atoms with van der Waals surface area (Å²) >= 11 is 0. The van der Waals surface area contributed by atoms with Crippen LogP contribution in [0.15, 0.2) is 134 Å². The molecular formula is C61H66N3OPt-. The molecule has 0 aliphatic rings. The maximum Gasteiger partial charge on any atom is 0.148 e. The van der Waals surface area contributed by atoms with E-state index in [-0.39, 0.29) is 49.3 Å². The first-order valence-corrected chi connectivity index (χ1v) is 21.5. The van der Waals surface area contributed by atoms with Gasteiger partial charge in [0.1, 0.15) is 11.6 Å². The maximum atomic E-state index is 13.0. The van der Waals surface area contributed by atoms with Crippen molar-refractivity contribution < 1.29 is 52.2 Å². The smallest absolute Gasteiger partial charge is 0.148 e. The van der Waals surface area contributed by atoms with Crippen LogP contribution in [-0.2, 0) is 42.7 Å². The Morgan fingerprint density at radius 3 is 1.91 bits per heavy atom. The van der Waals surface area contributed by atoms with Gasteiger partial charge in [0.25, 0.3) is 0 Å². The molecule has 0 aliphatic carbocycles. The standard InChI is InChI=1S/C61H66N3O.Pt/c1-38(2)50-37-47(27-28-48(50)40-19-16-15-17-20-40)64-54-22-18-21-49(55(54)63-57(64)51-35-46(60(9,10)11)36-52(56(51)65)61(12,13)14)42-31-43(33-45(32-42)59(6,7)8)53-34-41(29-30-62-53)39-23-25-44(26-24-39)58(3,4)5;/h15-30,32-38,65H,1-14H3;/q-1;/i9D3,10D3,11D3,12D3,13D3,14D3,38D;. The van der Waals surface area contributed by atoms with Crippen LogP contribution in [0.2, 0.25) is 0 Å². The predicted octanol–water partition coefficient (Wildman–Crippen LogP) is 16.6. The molecule has 1 N–H and O–H groups in total. The molecule has 0 saturated heterocycles. The summed E-state index contributed by atoms with van der Waals surface area (Å²) in [6, 6.07) is 39.8. The monoisotopic (exact) mass is 1070 g/mol. The summed E-state index contributed by atoms with van der Waals surface area (Å²) in [6.45, 7) is -8.83. The van der Waals surface area contributed by atoms with E-state index in [0.717, 1.165) is 27.8 Å². The molecule has 0 spiro atoms. The van der Waals surface area contributed by atoms with Crippen LogP contribution in [0.25, 0.3) is 72.7 Å². The molecule has 0 atom stereocenters. The van der Waals surface area contributed by atoms with Crippen LogP contribution in [0, 0.1) is 6.07 Å². The fraction of sp³-hybridized carbons (Fsp3) is 0.311. The minimum Gasteiger partial charge on any atom is -0.507 e. The van der Waals surface area contributed by atoms with E-state index in [1.807, 2.05) is 75.4 Å². The summed E-state index contributed by atoms with van der Waals surface area (Å²) in [6.07, 6.45) is 1.71. The molecule has 342 valence electrons. The summed E-state index contributed by atoms with van der Waals surface area (Å²) in [5.41, 5.74) is -4.14. The van der Waals surface area contributed by atoms with Gasteiger partial charge in [-0.2, -0.15) is 0 Å². The Hall–Kier alpha value is -5.57. The van der Waals surface area contributed by atoms with Gasteiger partial charge in [-0.1, -0.05) is 193 Å². The number of phenols is 1. The topological polar surface area (TPSA) is 50.9 Å². The number of aromatic hydroxyl groups is 1. The number of nitrogens with zero attached hydrogens (tertiary/aromatic N) is 3. The number of benzene rings is 6. The molecule has 66 heavy (non-hydrogen) atoms. The van der Waals surface area contributed by atoms with Gasteiger partial charge in [-0.15, -0.1) is 29.3 Å². The Labute approximate surface area is 435 Å². The van der Waals surface area contributed by atoms with Crippen molar-refractivity contribution in [2.24, 2.45) is 0 Å². The SMILES string of the molecule is [2H]C(C)(C)c1cc(-n2c(-c3cc(C(C([2H])([2H])[2H])(C([2H])([2H])[2H])C([2H])([2H])[2H])cc(C(C([2H])([2H])[2H])(C([2H])([2H])[2H])C([2H])([2H])[2H])c3O)nc3c(-c4[c-]c(-c5cc(-c6ccc(C(C)(C)C)cc6)ccn5)cc(C(C)(C)C)c4)cccc32)ccc1-c1ccccc1.[Pt]. The van der Waals surface area contributed by atoms with Crippen LogP contribution in [0.5, 0.6) is 5.75 Å². The van der Waals surface area contributed by atoms with Crippen LogP contribution >= 0.6 is 0 Å². The Morgan fingerprint density at radius 2 is 1.26 bits per heavy atom. The Morgan fingerprint density at radius 1 is 0.591 bits per heavy atom. The summed E-state index contributed by atoms with van der Waals surface area (Å²) < 4.78 is 169. The van der Waals surface area contributed by atoms with Gasteiger partial charge in [0, 0.05) is 70.3 Å². The molecule has 0 amide bonds. The second-order valence-corrected chi connectivity index (χ2v) is 19.2. The molecule has 0 saturated carbocycles. The van der Waals surface area contributed by atoms with Gasteiger partial charge in [-0.25, -0.2) is 4.98 Å². The third-order valence-electron chi connectivity index (χ3n) is 11.9. The first-order chi connectivity index (χ1) is 38.3. The van der Waals surface area contributed by atoms with Crippen LogP contribution in [0.3, 0.4) is 0 Å². The van der Waals surface area contributed by atoms with Crippen molar-refractivity contribution in [2.45, 2.75) is 124 Å². The minimum atomic E-state index is -4.16. The van der Waals surface area contributed by atoms with E-state index in [9.17, 15) is 6.48 Å². The van der Waals surface area contributed by atoms with E-state index in [1.165, 1.54) is 4.57 Å². The molecule has 4 nitrogen and oxygen atoms in total. The van der Waals surface area contributed by atoms with E-state index >= 15 is 0 Å². The molecule has 8 rings (SSSR count). The van der Waals surface area contributed by atoms with Gasteiger partial charge in [0.2, 0.25) is 0 Å². The zero-order valence-electron chi connectivity index (χ0n) is 57.3. The van der Waals surface area contributed by atoms with Crippen molar-refractivity contribution in [1.82, 2.24) is 14.5 Å². The third-order valence-corrected chi connectivity index (χ3v) is 11.9. The van der Waals surface area contributed by atoms with Gasteiger partial charge in [0.15, 0.2) is 0 Å². The molecule has 6 aromatic carbocycles. The zero-order valence-corrected chi connectivity index (χ0v) is 40.6. The fourth-order valence-electron chi connectivity index (χ4n) is 8.23. The van der Waals surface area contributed by atoms with Gasteiger partial charge >= 0.3 is 0 Å². The number of aromatic nitrogens is 3. The number of fused-ring (bicyclic) bond motifs is 1. The Kier molecular flexibility index (Phi) is 7.94. The molecule has 8 aromatic rings. The molecule has 0 radical (unpaired) electrons. The number of rotatable bonds is 7. The normalized spacial score (nSPS) is 18.0. The van der Waals surface area contributed by atoms with Crippen LogP contribution in [-0.4, -0.2) is 19.6 Å². The molecular weight excluding hydrogens is 986 g/mol.